The zero-order valence-electron chi connectivity index (χ0n) is 10.3. The van der Waals surface area contributed by atoms with Crippen molar-refractivity contribution in [3.8, 4) is 0 Å². The zero-order chi connectivity index (χ0) is 13.0. The summed E-state index contributed by atoms with van der Waals surface area (Å²) in [6.07, 6.45) is 4.01. The van der Waals surface area contributed by atoms with Gasteiger partial charge in [0, 0.05) is 28.2 Å². The number of halogens is 1. The van der Waals surface area contributed by atoms with E-state index in [9.17, 15) is 4.39 Å². The average Bonchev–Trinajstić information content (AvgIpc) is 2.40. The fourth-order valence-electron chi connectivity index (χ4n) is 2.23. The molecule has 1 fully saturated rings. The van der Waals surface area contributed by atoms with Gasteiger partial charge in [0.05, 0.1) is 12.2 Å². The number of aromatic nitrogens is 1. The molecule has 1 aliphatic rings. The van der Waals surface area contributed by atoms with E-state index in [1.165, 1.54) is 18.0 Å². The number of pyridine rings is 1. The first kappa shape index (κ1) is 14.1. The summed E-state index contributed by atoms with van der Waals surface area (Å²) in [5, 5.41) is 0.912. The van der Waals surface area contributed by atoms with E-state index >= 15 is 0 Å². The van der Waals surface area contributed by atoms with Crippen molar-refractivity contribution in [2.45, 2.75) is 29.9 Å². The average molecular weight is 287 g/mol. The van der Waals surface area contributed by atoms with Crippen molar-refractivity contribution < 1.29 is 4.39 Å². The van der Waals surface area contributed by atoms with E-state index in [0.717, 1.165) is 17.7 Å². The molecule has 18 heavy (non-hydrogen) atoms. The van der Waals surface area contributed by atoms with Crippen LogP contribution in [0.3, 0.4) is 0 Å². The molecule has 1 saturated heterocycles. The molecule has 1 aromatic rings. The number of thioether (sulfide) groups is 2. The van der Waals surface area contributed by atoms with Gasteiger partial charge in [0.1, 0.15) is 5.82 Å². The Labute approximate surface area is 115 Å². The number of hydrazine groups is 1. The Morgan fingerprint density at radius 1 is 1.50 bits per heavy atom. The Morgan fingerprint density at radius 2 is 2.28 bits per heavy atom. The summed E-state index contributed by atoms with van der Waals surface area (Å²) in [7, 11) is 0. The van der Waals surface area contributed by atoms with Gasteiger partial charge in [-0.3, -0.25) is 16.3 Å². The molecule has 2 rings (SSSR count). The van der Waals surface area contributed by atoms with E-state index in [2.05, 4.69) is 17.3 Å². The summed E-state index contributed by atoms with van der Waals surface area (Å²) in [6, 6.07) is 1.47. The molecule has 3 nitrogen and oxygen atoms in total. The van der Waals surface area contributed by atoms with Crippen LogP contribution in [-0.2, 0) is 0 Å². The van der Waals surface area contributed by atoms with Crippen LogP contribution in [0.1, 0.15) is 24.9 Å². The van der Waals surface area contributed by atoms with E-state index in [0.29, 0.717) is 10.5 Å². The van der Waals surface area contributed by atoms with E-state index in [1.54, 1.807) is 6.20 Å². The zero-order valence-corrected chi connectivity index (χ0v) is 11.9. The predicted molar refractivity (Wildman–Crippen MR) is 77.0 cm³/mol. The van der Waals surface area contributed by atoms with Crippen molar-refractivity contribution in [1.29, 1.82) is 0 Å². The topological polar surface area (TPSA) is 50.9 Å². The molecule has 3 N–H and O–H groups in total. The summed E-state index contributed by atoms with van der Waals surface area (Å²) in [5.41, 5.74) is 3.67. The van der Waals surface area contributed by atoms with E-state index in [4.69, 9.17) is 5.84 Å². The lowest BCUT2D eigenvalue weighted by Crippen LogP contribution is -2.41. The normalized spacial score (nSPS) is 25.9. The number of hydrogen-bond acceptors (Lipinski definition) is 5. The maximum absolute atomic E-state index is 13.3. The maximum Gasteiger partial charge on any atom is 0.141 e. The summed E-state index contributed by atoms with van der Waals surface area (Å²) in [5.74, 6) is 7.67. The molecule has 0 aliphatic carbocycles. The highest BCUT2D eigenvalue weighted by Crippen LogP contribution is 2.39. The highest BCUT2D eigenvalue weighted by atomic mass is 32.2. The van der Waals surface area contributed by atoms with Gasteiger partial charge in [-0.25, -0.2) is 4.39 Å². The third-order valence-electron chi connectivity index (χ3n) is 3.09. The molecule has 0 bridgehead atoms. The van der Waals surface area contributed by atoms with Crippen LogP contribution >= 0.6 is 23.5 Å². The van der Waals surface area contributed by atoms with Crippen LogP contribution in [0.2, 0.25) is 0 Å². The summed E-state index contributed by atoms with van der Waals surface area (Å²) in [4.78, 5) is 3.91. The molecule has 3 atom stereocenters. The number of rotatable bonds is 4. The number of nitrogens with two attached hydrogens (primary N) is 1. The molecule has 2 heterocycles. The first-order valence-corrected chi connectivity index (χ1v) is 8.15. The summed E-state index contributed by atoms with van der Waals surface area (Å²) >= 11 is 3.90. The van der Waals surface area contributed by atoms with Gasteiger partial charge in [-0.15, -0.1) is 0 Å². The molecule has 0 saturated carbocycles. The van der Waals surface area contributed by atoms with Crippen molar-refractivity contribution in [1.82, 2.24) is 10.4 Å². The van der Waals surface area contributed by atoms with Crippen LogP contribution < -0.4 is 11.3 Å². The van der Waals surface area contributed by atoms with Gasteiger partial charge >= 0.3 is 0 Å². The molecule has 0 radical (unpaired) electrons. The molecule has 1 aromatic heterocycles. The fraction of sp³-hybridized carbons (Fsp3) is 0.583. The van der Waals surface area contributed by atoms with Gasteiger partial charge in [-0.2, -0.15) is 23.5 Å². The number of hydrogen-bond donors (Lipinski definition) is 2. The molecule has 1 aliphatic heterocycles. The third kappa shape index (κ3) is 3.17. The van der Waals surface area contributed by atoms with E-state index in [1.807, 2.05) is 23.5 Å². The minimum Gasteiger partial charge on any atom is -0.271 e. The SMILES string of the molecule is CCC1SCCSC1C(NN)c1cncc(F)c1. The Hall–Kier alpha value is -0.300. The van der Waals surface area contributed by atoms with E-state index < -0.39 is 0 Å². The number of nitrogens with zero attached hydrogens (tertiary/aromatic N) is 1. The van der Waals surface area contributed by atoms with Gasteiger partial charge in [0.2, 0.25) is 0 Å². The Balaban J connectivity index is 2.21. The van der Waals surface area contributed by atoms with Crippen LogP contribution in [0, 0.1) is 5.82 Å². The highest BCUT2D eigenvalue weighted by Gasteiger charge is 2.32. The van der Waals surface area contributed by atoms with Gasteiger partial charge in [-0.1, -0.05) is 6.92 Å². The van der Waals surface area contributed by atoms with Crippen molar-refractivity contribution >= 4 is 23.5 Å². The van der Waals surface area contributed by atoms with Crippen LogP contribution in [-0.4, -0.2) is 27.0 Å². The van der Waals surface area contributed by atoms with Crippen LogP contribution in [0.5, 0.6) is 0 Å². The largest absolute Gasteiger partial charge is 0.271 e. The molecule has 0 amide bonds. The summed E-state index contributed by atoms with van der Waals surface area (Å²) < 4.78 is 13.3. The second kappa shape index (κ2) is 6.75. The lowest BCUT2D eigenvalue weighted by atomic mass is 10.0. The highest BCUT2D eigenvalue weighted by molar-refractivity contribution is 8.07. The van der Waals surface area contributed by atoms with Crippen molar-refractivity contribution in [2.75, 3.05) is 11.5 Å². The smallest absolute Gasteiger partial charge is 0.141 e. The van der Waals surface area contributed by atoms with Crippen LogP contribution in [0.4, 0.5) is 4.39 Å². The standard InChI is InChI=1S/C12H18FN3S2/c1-2-10-12(18-4-3-17-10)11(16-14)8-5-9(13)7-15-6-8/h5-7,10-12,16H,2-4,14H2,1H3. The maximum atomic E-state index is 13.3. The monoisotopic (exact) mass is 287 g/mol. The number of nitrogens with one attached hydrogen (secondary N) is 1. The Kier molecular flexibility index (Phi) is 5.29. The van der Waals surface area contributed by atoms with Gasteiger partial charge in [0.25, 0.3) is 0 Å². The van der Waals surface area contributed by atoms with Crippen LogP contribution in [0.15, 0.2) is 18.5 Å². The first-order chi connectivity index (χ1) is 8.76. The molecule has 3 unspecified atom stereocenters. The molecular weight excluding hydrogens is 269 g/mol. The third-order valence-corrected chi connectivity index (χ3v) is 6.44. The molecule has 6 heteroatoms. The molecule has 100 valence electrons. The van der Waals surface area contributed by atoms with Crippen molar-refractivity contribution in [3.05, 3.63) is 29.8 Å². The van der Waals surface area contributed by atoms with Gasteiger partial charge < -0.3 is 0 Å². The van der Waals surface area contributed by atoms with Crippen LogP contribution in [0.25, 0.3) is 0 Å². The second-order valence-electron chi connectivity index (χ2n) is 4.23. The summed E-state index contributed by atoms with van der Waals surface area (Å²) in [6.45, 7) is 2.19. The lowest BCUT2D eigenvalue weighted by molar-refractivity contribution is 0.507. The Bertz CT molecular complexity index is 391. The van der Waals surface area contributed by atoms with E-state index in [-0.39, 0.29) is 11.9 Å². The molecule has 0 spiro atoms. The predicted octanol–water partition coefficient (Wildman–Crippen LogP) is 2.35. The minimum atomic E-state index is -0.311. The van der Waals surface area contributed by atoms with Gasteiger partial charge in [0.15, 0.2) is 0 Å². The second-order valence-corrected chi connectivity index (χ2v) is 6.87. The fourth-order valence-corrected chi connectivity index (χ4v) is 5.46. The first-order valence-electron chi connectivity index (χ1n) is 6.06. The van der Waals surface area contributed by atoms with Crippen molar-refractivity contribution in [3.63, 3.8) is 0 Å². The molecule has 0 aromatic carbocycles. The quantitative estimate of drug-likeness (QED) is 0.657. The molecular formula is C12H18FN3S2. The minimum absolute atomic E-state index is 0.0454. The van der Waals surface area contributed by atoms with Crippen molar-refractivity contribution in [2.24, 2.45) is 5.84 Å². The van der Waals surface area contributed by atoms with Gasteiger partial charge in [-0.05, 0) is 18.1 Å². The Morgan fingerprint density at radius 3 is 2.94 bits per heavy atom. The lowest BCUT2D eigenvalue weighted by Gasteiger charge is -2.35.